The van der Waals surface area contributed by atoms with Crippen molar-refractivity contribution in [3.63, 3.8) is 0 Å². The summed E-state index contributed by atoms with van der Waals surface area (Å²) in [4.78, 5) is 14.5. The molecule has 1 N–H and O–H groups in total. The molecular weight excluding hydrogens is 240 g/mol. The number of carbonyl (C=O) groups excluding carboxylic acids is 1. The number of ether oxygens (including phenoxy) is 1. The van der Waals surface area contributed by atoms with Crippen LogP contribution in [0.25, 0.3) is 0 Å². The van der Waals surface area contributed by atoms with E-state index in [1.165, 1.54) is 19.2 Å². The number of aldehydes is 1. The molecular formula is C8H7BrO4. The van der Waals surface area contributed by atoms with Crippen molar-refractivity contribution in [3.8, 4) is 11.5 Å². The van der Waals surface area contributed by atoms with Crippen LogP contribution in [0.5, 0.6) is 11.5 Å². The van der Waals surface area contributed by atoms with E-state index in [4.69, 9.17) is 9.99 Å². The Hall–Kier alpha value is -1.07. The van der Waals surface area contributed by atoms with Gasteiger partial charge in [0.15, 0.2) is 12.0 Å². The van der Waals surface area contributed by atoms with Gasteiger partial charge in [0.2, 0.25) is 5.75 Å². The molecule has 0 aliphatic rings. The second kappa shape index (κ2) is 4.25. The zero-order valence-corrected chi connectivity index (χ0v) is 8.37. The van der Waals surface area contributed by atoms with Crippen molar-refractivity contribution < 1.29 is 19.7 Å². The quantitative estimate of drug-likeness (QED) is 0.505. The average Bonchev–Trinajstić information content (AvgIpc) is 2.17. The van der Waals surface area contributed by atoms with Gasteiger partial charge in [-0.2, -0.15) is 0 Å². The molecule has 0 unspecified atom stereocenters. The maximum absolute atomic E-state index is 10.5. The third kappa shape index (κ3) is 1.99. The van der Waals surface area contributed by atoms with Crippen molar-refractivity contribution in [1.82, 2.24) is 0 Å². The lowest BCUT2D eigenvalue weighted by molar-refractivity contribution is -0.139. The highest BCUT2D eigenvalue weighted by molar-refractivity contribution is 9.10. The van der Waals surface area contributed by atoms with Crippen molar-refractivity contribution >= 4 is 22.2 Å². The lowest BCUT2D eigenvalue weighted by atomic mass is 10.2. The molecule has 0 amide bonds. The predicted octanol–water partition coefficient (Wildman–Crippen LogP) is 2.12. The monoisotopic (exact) mass is 246 g/mol. The highest BCUT2D eigenvalue weighted by Crippen LogP contribution is 2.32. The minimum Gasteiger partial charge on any atom is -0.493 e. The van der Waals surface area contributed by atoms with E-state index < -0.39 is 0 Å². The van der Waals surface area contributed by atoms with E-state index in [0.29, 0.717) is 22.1 Å². The van der Waals surface area contributed by atoms with Crippen LogP contribution in [0.1, 0.15) is 10.4 Å². The molecule has 0 fully saturated rings. The smallest absolute Gasteiger partial charge is 0.207 e. The summed E-state index contributed by atoms with van der Waals surface area (Å²) >= 11 is 3.16. The molecule has 0 radical (unpaired) electrons. The summed E-state index contributed by atoms with van der Waals surface area (Å²) in [5.74, 6) is 0.452. The van der Waals surface area contributed by atoms with Crippen LogP contribution >= 0.6 is 15.9 Å². The van der Waals surface area contributed by atoms with Crippen LogP contribution in [-0.4, -0.2) is 18.7 Å². The standard InChI is InChI=1S/C8H7BrO4/c1-12-7-3-6(9)5(4-10)2-8(7)13-11/h2-4,11H,1H3. The first kappa shape index (κ1) is 10.0. The van der Waals surface area contributed by atoms with Gasteiger partial charge in [0.25, 0.3) is 0 Å². The summed E-state index contributed by atoms with van der Waals surface area (Å²) in [7, 11) is 1.44. The maximum atomic E-state index is 10.5. The van der Waals surface area contributed by atoms with Gasteiger partial charge in [-0.3, -0.25) is 4.79 Å². The largest absolute Gasteiger partial charge is 0.493 e. The predicted molar refractivity (Wildman–Crippen MR) is 49.3 cm³/mol. The molecule has 0 aromatic heterocycles. The van der Waals surface area contributed by atoms with Gasteiger partial charge in [-0.25, -0.2) is 5.26 Å². The minimum atomic E-state index is 0.104. The molecule has 4 nitrogen and oxygen atoms in total. The third-order valence-electron chi connectivity index (χ3n) is 1.51. The minimum absolute atomic E-state index is 0.104. The molecule has 0 atom stereocenters. The van der Waals surface area contributed by atoms with Gasteiger partial charge in [-0.05, 0) is 28.1 Å². The van der Waals surface area contributed by atoms with E-state index in [2.05, 4.69) is 20.8 Å². The molecule has 0 heterocycles. The van der Waals surface area contributed by atoms with Gasteiger partial charge >= 0.3 is 0 Å². The van der Waals surface area contributed by atoms with Crippen LogP contribution in [0.4, 0.5) is 0 Å². The fraction of sp³-hybridized carbons (Fsp3) is 0.125. The number of hydrogen-bond donors (Lipinski definition) is 1. The molecule has 13 heavy (non-hydrogen) atoms. The fourth-order valence-corrected chi connectivity index (χ4v) is 1.29. The van der Waals surface area contributed by atoms with E-state index in [9.17, 15) is 4.79 Å². The van der Waals surface area contributed by atoms with Crippen molar-refractivity contribution in [2.24, 2.45) is 0 Å². The normalized spacial score (nSPS) is 9.46. The zero-order chi connectivity index (χ0) is 9.84. The van der Waals surface area contributed by atoms with Gasteiger partial charge in [0.1, 0.15) is 0 Å². The van der Waals surface area contributed by atoms with Gasteiger partial charge in [-0.1, -0.05) is 0 Å². The van der Waals surface area contributed by atoms with E-state index >= 15 is 0 Å². The molecule has 0 aliphatic carbocycles. The molecule has 0 saturated heterocycles. The summed E-state index contributed by atoms with van der Waals surface area (Å²) in [6.45, 7) is 0. The lowest BCUT2D eigenvalue weighted by Crippen LogP contribution is -1.93. The summed E-state index contributed by atoms with van der Waals surface area (Å²) < 4.78 is 5.47. The number of methoxy groups -OCH3 is 1. The number of hydrogen-bond acceptors (Lipinski definition) is 4. The molecule has 1 aromatic carbocycles. The van der Waals surface area contributed by atoms with Crippen LogP contribution in [0.3, 0.4) is 0 Å². The number of halogens is 1. The third-order valence-corrected chi connectivity index (χ3v) is 2.20. The Labute approximate surface area is 83.1 Å². The zero-order valence-electron chi connectivity index (χ0n) is 6.78. The molecule has 70 valence electrons. The highest BCUT2D eigenvalue weighted by Gasteiger charge is 2.09. The topological polar surface area (TPSA) is 55.8 Å². The van der Waals surface area contributed by atoms with Gasteiger partial charge < -0.3 is 9.62 Å². The summed E-state index contributed by atoms with van der Waals surface area (Å²) in [6, 6.07) is 2.91. The van der Waals surface area contributed by atoms with E-state index in [0.717, 1.165) is 0 Å². The van der Waals surface area contributed by atoms with E-state index in [1.807, 2.05) is 0 Å². The Morgan fingerprint density at radius 1 is 1.46 bits per heavy atom. The molecule has 0 saturated carbocycles. The van der Waals surface area contributed by atoms with Crippen LogP contribution in [-0.2, 0) is 0 Å². The first-order valence-corrected chi connectivity index (χ1v) is 4.16. The molecule has 0 bridgehead atoms. The van der Waals surface area contributed by atoms with Gasteiger partial charge in [-0.15, -0.1) is 0 Å². The number of carbonyl (C=O) groups is 1. The molecule has 0 spiro atoms. The molecule has 1 aromatic rings. The first-order valence-electron chi connectivity index (χ1n) is 3.37. The van der Waals surface area contributed by atoms with E-state index in [1.54, 1.807) is 0 Å². The summed E-state index contributed by atoms with van der Waals surface area (Å²) in [5.41, 5.74) is 0.379. The Bertz CT molecular complexity index is 324. The summed E-state index contributed by atoms with van der Waals surface area (Å²) in [6.07, 6.45) is 0.645. The average molecular weight is 247 g/mol. The second-order valence-corrected chi connectivity index (χ2v) is 3.09. The van der Waals surface area contributed by atoms with Gasteiger partial charge in [0.05, 0.1) is 7.11 Å². The molecule has 0 aliphatic heterocycles. The van der Waals surface area contributed by atoms with Gasteiger partial charge in [0, 0.05) is 10.0 Å². The number of rotatable bonds is 3. The van der Waals surface area contributed by atoms with Crippen LogP contribution in [0.15, 0.2) is 16.6 Å². The fourth-order valence-electron chi connectivity index (χ4n) is 0.872. The van der Waals surface area contributed by atoms with Crippen molar-refractivity contribution in [1.29, 1.82) is 0 Å². The van der Waals surface area contributed by atoms with Crippen LogP contribution < -0.4 is 9.62 Å². The Kier molecular flexibility index (Phi) is 3.27. The maximum Gasteiger partial charge on any atom is 0.207 e. The van der Waals surface area contributed by atoms with Crippen molar-refractivity contribution in [3.05, 3.63) is 22.2 Å². The Balaban J connectivity index is 3.26. The van der Waals surface area contributed by atoms with E-state index in [-0.39, 0.29) is 5.75 Å². The molecule has 1 rings (SSSR count). The SMILES string of the molecule is COc1cc(Br)c(C=O)cc1OO. The summed E-state index contributed by atoms with van der Waals surface area (Å²) in [5, 5.41) is 8.45. The first-order chi connectivity index (χ1) is 6.22. The Morgan fingerprint density at radius 3 is 2.62 bits per heavy atom. The van der Waals surface area contributed by atoms with Crippen LogP contribution in [0, 0.1) is 0 Å². The lowest BCUT2D eigenvalue weighted by Gasteiger charge is -2.06. The van der Waals surface area contributed by atoms with Crippen LogP contribution in [0.2, 0.25) is 0 Å². The highest BCUT2D eigenvalue weighted by atomic mass is 79.9. The molecule has 5 heteroatoms. The van der Waals surface area contributed by atoms with Crippen molar-refractivity contribution in [2.45, 2.75) is 0 Å². The second-order valence-electron chi connectivity index (χ2n) is 2.23. The Morgan fingerprint density at radius 2 is 2.15 bits per heavy atom. The number of benzene rings is 1. The van der Waals surface area contributed by atoms with Crippen molar-refractivity contribution in [2.75, 3.05) is 7.11 Å².